The van der Waals surface area contributed by atoms with E-state index < -0.39 is 0 Å². The van der Waals surface area contributed by atoms with Crippen LogP contribution in [0.15, 0.2) is 53.4 Å². The Hall–Kier alpha value is -2.27. The Morgan fingerprint density at radius 2 is 1.75 bits per heavy atom. The lowest BCUT2D eigenvalue weighted by atomic mass is 10.1. The zero-order chi connectivity index (χ0) is 17.5. The van der Waals surface area contributed by atoms with E-state index in [0.717, 1.165) is 21.7 Å². The lowest BCUT2D eigenvalue weighted by molar-refractivity contribution is -0.132. The van der Waals surface area contributed by atoms with Crippen LogP contribution in [0.4, 0.5) is 5.69 Å². The van der Waals surface area contributed by atoms with Gasteiger partial charge < -0.3 is 10.2 Å². The summed E-state index contributed by atoms with van der Waals surface area (Å²) in [6.07, 6.45) is 2.26. The van der Waals surface area contributed by atoms with Gasteiger partial charge in [0.2, 0.25) is 11.8 Å². The Morgan fingerprint density at radius 3 is 2.42 bits per heavy atom. The van der Waals surface area contributed by atoms with E-state index in [-0.39, 0.29) is 18.4 Å². The number of amides is 2. The summed E-state index contributed by atoms with van der Waals surface area (Å²) in [5.41, 5.74) is 2.88. The van der Waals surface area contributed by atoms with Gasteiger partial charge in [-0.1, -0.05) is 42.0 Å². The van der Waals surface area contributed by atoms with Gasteiger partial charge in [0.25, 0.3) is 0 Å². The highest BCUT2D eigenvalue weighted by molar-refractivity contribution is 7.98. The minimum Gasteiger partial charge on any atom is -0.336 e. The molecule has 0 saturated heterocycles. The van der Waals surface area contributed by atoms with Crippen LogP contribution in [0.1, 0.15) is 11.1 Å². The molecule has 0 aliphatic rings. The second kappa shape index (κ2) is 8.55. The molecule has 126 valence electrons. The maximum absolute atomic E-state index is 12.3. The lowest BCUT2D eigenvalue weighted by Crippen LogP contribution is -2.35. The number of aryl methyl sites for hydroxylation is 1. The molecule has 2 aromatic rings. The number of para-hydroxylation sites is 1. The van der Waals surface area contributed by atoms with Crippen molar-refractivity contribution in [2.75, 3.05) is 25.2 Å². The van der Waals surface area contributed by atoms with Crippen LogP contribution in [0.25, 0.3) is 0 Å². The van der Waals surface area contributed by atoms with Crippen LogP contribution in [0.5, 0.6) is 0 Å². The van der Waals surface area contributed by atoms with Gasteiger partial charge in [-0.15, -0.1) is 11.8 Å². The van der Waals surface area contributed by atoms with Crippen LogP contribution in [-0.4, -0.2) is 36.6 Å². The summed E-state index contributed by atoms with van der Waals surface area (Å²) < 4.78 is 0. The Labute approximate surface area is 147 Å². The van der Waals surface area contributed by atoms with Gasteiger partial charge in [0.15, 0.2) is 0 Å². The molecule has 0 aliphatic heterocycles. The third-order valence-corrected chi connectivity index (χ3v) is 4.46. The molecule has 1 N–H and O–H groups in total. The molecular formula is C19H22N2O2S. The third-order valence-electron chi connectivity index (χ3n) is 3.66. The first-order valence-corrected chi connectivity index (χ1v) is 8.94. The molecule has 2 aromatic carbocycles. The number of hydrogen-bond acceptors (Lipinski definition) is 3. The van der Waals surface area contributed by atoms with Gasteiger partial charge in [0.1, 0.15) is 0 Å². The first kappa shape index (κ1) is 18.1. The van der Waals surface area contributed by atoms with Gasteiger partial charge >= 0.3 is 0 Å². The lowest BCUT2D eigenvalue weighted by Gasteiger charge is -2.17. The summed E-state index contributed by atoms with van der Waals surface area (Å²) in [6, 6.07) is 15.5. The zero-order valence-corrected chi connectivity index (χ0v) is 15.0. The first-order chi connectivity index (χ1) is 11.5. The summed E-state index contributed by atoms with van der Waals surface area (Å²) in [5, 5.41) is 2.86. The molecular weight excluding hydrogens is 320 g/mol. The summed E-state index contributed by atoms with van der Waals surface area (Å²) in [7, 11) is 1.65. The van der Waals surface area contributed by atoms with Crippen LogP contribution < -0.4 is 5.32 Å². The van der Waals surface area contributed by atoms with E-state index in [9.17, 15) is 9.59 Å². The quantitative estimate of drug-likeness (QED) is 0.819. The van der Waals surface area contributed by atoms with Crippen LogP contribution in [0.2, 0.25) is 0 Å². The highest BCUT2D eigenvalue weighted by Gasteiger charge is 2.14. The van der Waals surface area contributed by atoms with E-state index in [1.807, 2.05) is 61.7 Å². The van der Waals surface area contributed by atoms with E-state index in [0.29, 0.717) is 6.42 Å². The molecule has 0 bridgehead atoms. The Bertz CT molecular complexity index is 714. The van der Waals surface area contributed by atoms with E-state index in [2.05, 4.69) is 5.32 Å². The number of nitrogens with zero attached hydrogens (tertiary/aromatic N) is 1. The van der Waals surface area contributed by atoms with E-state index in [1.54, 1.807) is 18.8 Å². The molecule has 0 radical (unpaired) electrons. The number of thioether (sulfide) groups is 1. The second-order valence-electron chi connectivity index (χ2n) is 5.66. The topological polar surface area (TPSA) is 49.4 Å². The number of carbonyl (C=O) groups excluding carboxylic acids is 2. The number of likely N-dealkylation sites (N-methyl/N-ethyl adjacent to an activating group) is 1. The van der Waals surface area contributed by atoms with Crippen LogP contribution in [-0.2, 0) is 16.0 Å². The fourth-order valence-corrected chi connectivity index (χ4v) is 2.81. The number of hydrogen-bond donors (Lipinski definition) is 1. The van der Waals surface area contributed by atoms with E-state index >= 15 is 0 Å². The Balaban J connectivity index is 1.90. The van der Waals surface area contributed by atoms with Crippen molar-refractivity contribution >= 4 is 29.3 Å². The molecule has 0 aromatic heterocycles. The summed E-state index contributed by atoms with van der Waals surface area (Å²) in [6.45, 7) is 2.04. The van der Waals surface area contributed by atoms with E-state index in [4.69, 9.17) is 0 Å². The molecule has 0 spiro atoms. The summed E-state index contributed by atoms with van der Waals surface area (Å²) >= 11 is 1.57. The van der Waals surface area contributed by atoms with Crippen molar-refractivity contribution < 1.29 is 9.59 Å². The van der Waals surface area contributed by atoms with Gasteiger partial charge in [-0.2, -0.15) is 0 Å². The molecule has 2 rings (SSSR count). The SMILES string of the molecule is CSc1ccccc1NC(=O)CN(C)C(=O)Cc1ccc(C)cc1. The average Bonchev–Trinajstić information content (AvgIpc) is 2.57. The van der Waals surface area contributed by atoms with Crippen LogP contribution in [0.3, 0.4) is 0 Å². The fraction of sp³-hybridized carbons (Fsp3) is 0.263. The molecule has 0 unspecified atom stereocenters. The van der Waals surface area contributed by atoms with Gasteiger partial charge in [-0.05, 0) is 30.9 Å². The van der Waals surface area contributed by atoms with Crippen LogP contribution >= 0.6 is 11.8 Å². The molecule has 0 fully saturated rings. The minimum absolute atomic E-state index is 0.0351. The molecule has 5 heteroatoms. The molecule has 0 saturated carbocycles. The van der Waals surface area contributed by atoms with Gasteiger partial charge in [0, 0.05) is 11.9 Å². The molecule has 0 atom stereocenters. The van der Waals surface area contributed by atoms with Crippen molar-refractivity contribution in [3.63, 3.8) is 0 Å². The normalized spacial score (nSPS) is 10.3. The summed E-state index contributed by atoms with van der Waals surface area (Å²) in [4.78, 5) is 26.9. The smallest absolute Gasteiger partial charge is 0.244 e. The highest BCUT2D eigenvalue weighted by atomic mass is 32.2. The number of nitrogens with one attached hydrogen (secondary N) is 1. The maximum atomic E-state index is 12.3. The fourth-order valence-electron chi connectivity index (χ4n) is 2.26. The van der Waals surface area contributed by atoms with Crippen molar-refractivity contribution in [3.8, 4) is 0 Å². The van der Waals surface area contributed by atoms with Crippen LogP contribution in [0, 0.1) is 6.92 Å². The number of benzene rings is 2. The molecule has 2 amide bonds. The number of carbonyl (C=O) groups is 2. The van der Waals surface area contributed by atoms with E-state index in [1.165, 1.54) is 4.90 Å². The molecule has 24 heavy (non-hydrogen) atoms. The molecule has 4 nitrogen and oxygen atoms in total. The minimum atomic E-state index is -0.198. The largest absolute Gasteiger partial charge is 0.336 e. The van der Waals surface area contributed by atoms with Crippen molar-refractivity contribution in [1.29, 1.82) is 0 Å². The Kier molecular flexibility index (Phi) is 6.44. The molecule has 0 heterocycles. The first-order valence-electron chi connectivity index (χ1n) is 7.72. The van der Waals surface area contributed by atoms with Crippen molar-refractivity contribution in [1.82, 2.24) is 4.90 Å². The number of rotatable bonds is 6. The van der Waals surface area contributed by atoms with Gasteiger partial charge in [-0.3, -0.25) is 9.59 Å². The zero-order valence-electron chi connectivity index (χ0n) is 14.2. The number of anilines is 1. The van der Waals surface area contributed by atoms with Gasteiger partial charge in [-0.25, -0.2) is 0 Å². The monoisotopic (exact) mass is 342 g/mol. The van der Waals surface area contributed by atoms with Crippen molar-refractivity contribution in [2.45, 2.75) is 18.2 Å². The Morgan fingerprint density at radius 1 is 1.08 bits per heavy atom. The summed E-state index contributed by atoms with van der Waals surface area (Å²) in [5.74, 6) is -0.275. The predicted molar refractivity (Wildman–Crippen MR) is 99.4 cm³/mol. The molecule has 0 aliphatic carbocycles. The average molecular weight is 342 g/mol. The van der Waals surface area contributed by atoms with Gasteiger partial charge in [0.05, 0.1) is 18.7 Å². The van der Waals surface area contributed by atoms with Crippen molar-refractivity contribution in [3.05, 3.63) is 59.7 Å². The predicted octanol–water partition coefficient (Wildman–Crippen LogP) is 3.36. The maximum Gasteiger partial charge on any atom is 0.244 e. The highest BCUT2D eigenvalue weighted by Crippen LogP contribution is 2.24. The van der Waals surface area contributed by atoms with Crippen molar-refractivity contribution in [2.24, 2.45) is 0 Å². The standard InChI is InChI=1S/C19H22N2O2S/c1-14-8-10-15(11-9-14)12-19(23)21(2)13-18(22)20-16-6-4-5-7-17(16)24-3/h4-11H,12-13H2,1-3H3,(H,20,22). The second-order valence-corrected chi connectivity index (χ2v) is 6.51. The third kappa shape index (κ3) is 5.13.